The monoisotopic (exact) mass is 612 g/mol. The second-order valence-electron chi connectivity index (χ2n) is 12.0. The number of aromatic nitrogens is 2. The average Bonchev–Trinajstić information content (AvgIpc) is 2.95. The van der Waals surface area contributed by atoms with Crippen LogP contribution in [0.2, 0.25) is 0 Å². The molecule has 3 heterocycles. The molecule has 0 saturated heterocycles. The number of hydrogen-bond acceptors (Lipinski definition) is 7. The Kier molecular flexibility index (Phi) is 7.09. The smallest absolute Gasteiger partial charge is 0.337 e. The van der Waals surface area contributed by atoms with Crippen molar-refractivity contribution in [1.29, 1.82) is 0 Å². The van der Waals surface area contributed by atoms with E-state index in [0.717, 1.165) is 17.2 Å². The fraction of sp³-hybridized carbons (Fsp3) is 0.265. The minimum absolute atomic E-state index is 0.0738. The van der Waals surface area contributed by atoms with Crippen LogP contribution < -0.4 is 10.3 Å². The highest BCUT2D eigenvalue weighted by Crippen LogP contribution is 2.45. The number of fused-ring (bicyclic) bond motifs is 1. The summed E-state index contributed by atoms with van der Waals surface area (Å²) in [5.41, 5.74) is 3.65. The van der Waals surface area contributed by atoms with E-state index in [4.69, 9.17) is 14.5 Å². The lowest BCUT2D eigenvalue weighted by molar-refractivity contribution is -0.160. The second-order valence-corrected chi connectivity index (χ2v) is 14.1. The van der Waals surface area contributed by atoms with Crippen LogP contribution in [-0.4, -0.2) is 47.5 Å². The molecular weight excluding hydrogens is 580 g/mol. The van der Waals surface area contributed by atoms with Crippen molar-refractivity contribution in [3.05, 3.63) is 93.9 Å². The van der Waals surface area contributed by atoms with Crippen molar-refractivity contribution in [2.24, 2.45) is 0 Å². The van der Waals surface area contributed by atoms with Crippen LogP contribution in [0.1, 0.15) is 43.6 Å². The van der Waals surface area contributed by atoms with Crippen LogP contribution in [0.3, 0.4) is 0 Å². The van der Waals surface area contributed by atoms with Crippen LogP contribution >= 0.6 is 0 Å². The maximum Gasteiger partial charge on any atom is 0.337 e. The number of hydrogen-bond donors (Lipinski definition) is 1. The van der Waals surface area contributed by atoms with Gasteiger partial charge in [-0.05, 0) is 92.9 Å². The number of nitrogens with zero attached hydrogens (tertiary/aromatic N) is 2. The third-order valence-electron chi connectivity index (χ3n) is 7.75. The Bertz CT molecular complexity index is 2150. The van der Waals surface area contributed by atoms with E-state index < -0.39 is 27.5 Å². The average molecular weight is 613 g/mol. The number of aliphatic carboxylic acids is 1. The van der Waals surface area contributed by atoms with Crippen LogP contribution in [0.25, 0.3) is 38.6 Å². The Morgan fingerprint density at radius 1 is 1.09 bits per heavy atom. The summed E-state index contributed by atoms with van der Waals surface area (Å²) in [7, 11) is -3.55. The fourth-order valence-corrected chi connectivity index (χ4v) is 6.63. The lowest BCUT2D eigenvalue weighted by atomic mass is 9.86. The lowest BCUT2D eigenvalue weighted by Gasteiger charge is -2.29. The maximum absolute atomic E-state index is 13.5. The first-order chi connectivity index (χ1) is 20.7. The number of aryl methyl sites for hydroxylation is 1. The standard InChI is InChI=1S/C34H32N2O7S/c1-19-17-25-23(10-12-27(37)36(25)21-7-6-8-22(18-21)44(5,40)41)30(28(19)32(33(38)39)43-34(2,3)4)24-9-11-26-29-20(14-16-42-26)13-15-35-31(24)29/h6-13,15,17-18,32H,14,16H2,1-5H3,(H,38,39). The fourth-order valence-electron chi connectivity index (χ4n) is 5.97. The Labute approximate surface area is 254 Å². The van der Waals surface area contributed by atoms with E-state index >= 15 is 0 Å². The highest BCUT2D eigenvalue weighted by atomic mass is 32.2. The van der Waals surface area contributed by atoms with Gasteiger partial charge in [-0.25, -0.2) is 13.2 Å². The van der Waals surface area contributed by atoms with Gasteiger partial charge in [0.2, 0.25) is 0 Å². The van der Waals surface area contributed by atoms with E-state index in [-0.39, 0.29) is 10.5 Å². The van der Waals surface area contributed by atoms with Gasteiger partial charge in [0.15, 0.2) is 15.9 Å². The predicted octanol–water partition coefficient (Wildman–Crippen LogP) is 5.79. The van der Waals surface area contributed by atoms with E-state index in [1.807, 2.05) is 18.2 Å². The van der Waals surface area contributed by atoms with Crippen molar-refractivity contribution in [2.75, 3.05) is 12.9 Å². The van der Waals surface area contributed by atoms with E-state index in [1.54, 1.807) is 58.2 Å². The molecule has 1 N–H and O–H groups in total. The lowest BCUT2D eigenvalue weighted by Crippen LogP contribution is -2.28. The molecule has 0 saturated carbocycles. The van der Waals surface area contributed by atoms with Gasteiger partial charge in [-0.1, -0.05) is 6.07 Å². The molecule has 10 heteroatoms. The largest absolute Gasteiger partial charge is 0.493 e. The van der Waals surface area contributed by atoms with Gasteiger partial charge < -0.3 is 14.6 Å². The zero-order chi connectivity index (χ0) is 31.6. The molecule has 1 unspecified atom stereocenters. The second kappa shape index (κ2) is 10.6. The Morgan fingerprint density at radius 3 is 2.57 bits per heavy atom. The summed E-state index contributed by atoms with van der Waals surface area (Å²) in [4.78, 5) is 31.2. The van der Waals surface area contributed by atoms with E-state index in [2.05, 4.69) is 0 Å². The zero-order valence-electron chi connectivity index (χ0n) is 25.0. The molecule has 9 nitrogen and oxygen atoms in total. The Balaban J connectivity index is 1.78. The molecule has 0 radical (unpaired) electrons. The number of carbonyl (C=O) groups is 1. The van der Waals surface area contributed by atoms with Crippen molar-refractivity contribution in [3.8, 4) is 22.6 Å². The molecule has 3 aromatic carbocycles. The summed E-state index contributed by atoms with van der Waals surface area (Å²) in [6, 6.07) is 16.7. The number of carboxylic acids is 1. The third kappa shape index (κ3) is 5.14. The van der Waals surface area contributed by atoms with Gasteiger partial charge in [0.1, 0.15) is 5.75 Å². The molecule has 0 spiro atoms. The van der Waals surface area contributed by atoms with E-state index in [9.17, 15) is 23.1 Å². The molecule has 0 amide bonds. The molecule has 0 fully saturated rings. The van der Waals surface area contributed by atoms with Gasteiger partial charge in [0.05, 0.1) is 33.8 Å². The first-order valence-corrected chi connectivity index (χ1v) is 16.1. The highest BCUT2D eigenvalue weighted by molar-refractivity contribution is 7.90. The number of carboxylic acid groups (broad SMARTS) is 1. The molecule has 44 heavy (non-hydrogen) atoms. The van der Waals surface area contributed by atoms with Crippen LogP contribution in [-0.2, 0) is 25.8 Å². The van der Waals surface area contributed by atoms with Crippen LogP contribution in [0.5, 0.6) is 5.75 Å². The molecule has 5 aromatic rings. The molecule has 6 rings (SSSR count). The number of ether oxygens (including phenoxy) is 2. The third-order valence-corrected chi connectivity index (χ3v) is 8.86. The van der Waals surface area contributed by atoms with E-state index in [1.165, 1.54) is 22.8 Å². The van der Waals surface area contributed by atoms with Gasteiger partial charge in [-0.3, -0.25) is 14.3 Å². The molecule has 1 atom stereocenters. The van der Waals surface area contributed by atoms with Crippen molar-refractivity contribution in [2.45, 2.75) is 50.7 Å². The van der Waals surface area contributed by atoms with Crippen molar-refractivity contribution in [1.82, 2.24) is 9.55 Å². The molecule has 1 aliphatic rings. The number of pyridine rings is 2. The van der Waals surface area contributed by atoms with Crippen LogP contribution in [0.4, 0.5) is 0 Å². The summed E-state index contributed by atoms with van der Waals surface area (Å²) < 4.78 is 38.4. The van der Waals surface area contributed by atoms with E-state index in [0.29, 0.717) is 63.1 Å². The van der Waals surface area contributed by atoms with Crippen LogP contribution in [0.15, 0.2) is 76.6 Å². The predicted molar refractivity (Wildman–Crippen MR) is 169 cm³/mol. The topological polar surface area (TPSA) is 125 Å². The molecule has 1 aliphatic heterocycles. The van der Waals surface area contributed by atoms with Crippen molar-refractivity contribution < 1.29 is 27.8 Å². The maximum atomic E-state index is 13.5. The number of benzene rings is 3. The van der Waals surface area contributed by atoms with Gasteiger partial charge in [-0.15, -0.1) is 0 Å². The summed E-state index contributed by atoms with van der Waals surface area (Å²) in [6.07, 6.45) is 2.21. The SMILES string of the molecule is Cc1cc2c(ccc(=O)n2-c2cccc(S(C)(=O)=O)c2)c(-c2ccc3c4c(ccnc24)CCO3)c1C(OC(C)(C)C)C(=O)O. The quantitative estimate of drug-likeness (QED) is 0.255. The first kappa shape index (κ1) is 29.5. The normalized spacial score (nSPS) is 14.0. The zero-order valence-corrected chi connectivity index (χ0v) is 25.9. The van der Waals surface area contributed by atoms with Crippen molar-refractivity contribution >= 4 is 37.6 Å². The summed E-state index contributed by atoms with van der Waals surface area (Å²) in [6.45, 7) is 7.73. The van der Waals surface area contributed by atoms with Gasteiger partial charge in [-0.2, -0.15) is 0 Å². The minimum Gasteiger partial charge on any atom is -0.493 e. The van der Waals surface area contributed by atoms with Crippen LogP contribution in [0, 0.1) is 6.92 Å². The van der Waals surface area contributed by atoms with Gasteiger partial charge >= 0.3 is 5.97 Å². The highest BCUT2D eigenvalue weighted by Gasteiger charge is 2.33. The first-order valence-electron chi connectivity index (χ1n) is 14.2. The molecule has 226 valence electrons. The number of rotatable bonds is 6. The Hall–Kier alpha value is -4.54. The Morgan fingerprint density at radius 2 is 1.86 bits per heavy atom. The summed E-state index contributed by atoms with van der Waals surface area (Å²) in [5.74, 6) is -0.455. The van der Waals surface area contributed by atoms with Crippen molar-refractivity contribution in [3.63, 3.8) is 0 Å². The number of sulfone groups is 1. The minimum atomic E-state index is -3.55. The summed E-state index contributed by atoms with van der Waals surface area (Å²) >= 11 is 0. The summed E-state index contributed by atoms with van der Waals surface area (Å²) in [5, 5.41) is 12.0. The molecule has 0 bridgehead atoms. The molecule has 2 aromatic heterocycles. The molecule has 0 aliphatic carbocycles. The molecular formula is C34H32N2O7S. The van der Waals surface area contributed by atoms with Gasteiger partial charge in [0.25, 0.3) is 5.56 Å². The van der Waals surface area contributed by atoms with Gasteiger partial charge in [0, 0.05) is 46.8 Å².